The molecule has 2 rings (SSSR count). The lowest BCUT2D eigenvalue weighted by Gasteiger charge is -2.29. The van der Waals surface area contributed by atoms with Crippen LogP contribution in [0.15, 0.2) is 46.9 Å². The highest BCUT2D eigenvalue weighted by Crippen LogP contribution is 2.26. The largest absolute Gasteiger partial charge is 0.329 e. The van der Waals surface area contributed by atoms with Crippen LogP contribution >= 0.6 is 15.9 Å². The van der Waals surface area contributed by atoms with E-state index in [4.69, 9.17) is 5.73 Å². The van der Waals surface area contributed by atoms with Crippen molar-refractivity contribution in [2.75, 3.05) is 13.6 Å². The van der Waals surface area contributed by atoms with Crippen LogP contribution in [0.3, 0.4) is 0 Å². The summed E-state index contributed by atoms with van der Waals surface area (Å²) in [6.45, 7) is 5.82. The number of nitrogens with two attached hydrogens (primary N) is 1. The minimum absolute atomic E-state index is 0.233. The highest BCUT2D eigenvalue weighted by atomic mass is 79.9. The molecule has 0 saturated heterocycles. The van der Waals surface area contributed by atoms with E-state index >= 15 is 0 Å². The molecule has 0 radical (unpaired) electrons. The van der Waals surface area contributed by atoms with Crippen molar-refractivity contribution in [3.05, 3.63) is 69.2 Å². The number of hydrogen-bond donors (Lipinski definition) is 1. The zero-order valence-corrected chi connectivity index (χ0v) is 14.5. The lowest BCUT2D eigenvalue weighted by molar-refractivity contribution is 0.240. The molecular weight excluding hydrogens is 324 g/mol. The van der Waals surface area contributed by atoms with Crippen LogP contribution in [0.5, 0.6) is 0 Å². The van der Waals surface area contributed by atoms with Crippen molar-refractivity contribution in [3.8, 4) is 0 Å². The van der Waals surface area contributed by atoms with Gasteiger partial charge in [0, 0.05) is 23.6 Å². The van der Waals surface area contributed by atoms with E-state index in [1.807, 2.05) is 6.07 Å². The normalized spacial score (nSPS) is 12.7. The van der Waals surface area contributed by atoms with E-state index in [9.17, 15) is 0 Å². The molecule has 1 unspecified atom stereocenters. The Morgan fingerprint density at radius 3 is 2.48 bits per heavy atom. The quantitative estimate of drug-likeness (QED) is 0.878. The smallest absolute Gasteiger partial charge is 0.0473 e. The number of hydrogen-bond acceptors (Lipinski definition) is 2. The Hall–Kier alpha value is -1.16. The number of rotatable bonds is 5. The first kappa shape index (κ1) is 16.2. The molecule has 2 aromatic carbocycles. The first-order valence-corrected chi connectivity index (χ1v) is 8.03. The molecule has 0 fully saturated rings. The van der Waals surface area contributed by atoms with E-state index in [-0.39, 0.29) is 6.04 Å². The fraction of sp³-hybridized carbons (Fsp3) is 0.333. The molecule has 21 heavy (non-hydrogen) atoms. The van der Waals surface area contributed by atoms with Gasteiger partial charge in [0.25, 0.3) is 0 Å². The topological polar surface area (TPSA) is 29.3 Å². The van der Waals surface area contributed by atoms with Gasteiger partial charge in [-0.15, -0.1) is 0 Å². The van der Waals surface area contributed by atoms with Gasteiger partial charge in [0.1, 0.15) is 0 Å². The molecule has 0 aliphatic rings. The van der Waals surface area contributed by atoms with Crippen LogP contribution in [0.25, 0.3) is 0 Å². The summed E-state index contributed by atoms with van der Waals surface area (Å²) in [5.41, 5.74) is 11.3. The summed E-state index contributed by atoms with van der Waals surface area (Å²) < 4.78 is 1.15. The second kappa shape index (κ2) is 7.21. The summed E-state index contributed by atoms with van der Waals surface area (Å²) in [7, 11) is 2.14. The molecule has 0 aliphatic carbocycles. The number of benzene rings is 2. The van der Waals surface area contributed by atoms with Gasteiger partial charge in [-0.05, 0) is 49.2 Å². The van der Waals surface area contributed by atoms with Gasteiger partial charge < -0.3 is 5.73 Å². The molecule has 0 aliphatic heterocycles. The second-order valence-corrected chi connectivity index (χ2v) is 6.40. The third kappa shape index (κ3) is 3.73. The number of nitrogens with zero attached hydrogens (tertiary/aromatic N) is 1. The Kier molecular flexibility index (Phi) is 5.57. The van der Waals surface area contributed by atoms with Crippen molar-refractivity contribution in [2.45, 2.75) is 26.4 Å². The molecule has 0 amide bonds. The van der Waals surface area contributed by atoms with Crippen molar-refractivity contribution >= 4 is 15.9 Å². The molecule has 1 atom stereocenters. The van der Waals surface area contributed by atoms with Crippen LogP contribution in [0.4, 0.5) is 0 Å². The molecule has 0 bridgehead atoms. The molecule has 2 nitrogen and oxygen atoms in total. The van der Waals surface area contributed by atoms with Gasteiger partial charge in [-0.3, -0.25) is 4.90 Å². The van der Waals surface area contributed by atoms with Gasteiger partial charge in [0.05, 0.1) is 0 Å². The number of aryl methyl sites for hydroxylation is 1. The van der Waals surface area contributed by atoms with Crippen LogP contribution in [0.2, 0.25) is 0 Å². The van der Waals surface area contributed by atoms with E-state index in [0.717, 1.165) is 11.0 Å². The average molecular weight is 347 g/mol. The summed E-state index contributed by atoms with van der Waals surface area (Å²) in [6, 6.07) is 15.0. The third-order valence-electron chi connectivity index (χ3n) is 4.14. The molecule has 0 aromatic heterocycles. The zero-order chi connectivity index (χ0) is 15.4. The van der Waals surface area contributed by atoms with Crippen LogP contribution in [0, 0.1) is 13.8 Å². The summed E-state index contributed by atoms with van der Waals surface area (Å²) in [6.07, 6.45) is 0. The fourth-order valence-electron chi connectivity index (χ4n) is 2.68. The van der Waals surface area contributed by atoms with E-state index in [0.29, 0.717) is 6.54 Å². The predicted molar refractivity (Wildman–Crippen MR) is 93.3 cm³/mol. The highest BCUT2D eigenvalue weighted by Gasteiger charge is 2.18. The molecule has 2 N–H and O–H groups in total. The standard InChI is InChI=1S/C18H23BrN2/c1-13-7-6-9-16(14(13)2)18(11-20)21(3)12-15-8-4-5-10-17(15)19/h4-10,18H,11-12,20H2,1-3H3. The minimum Gasteiger partial charge on any atom is -0.329 e. The fourth-order valence-corrected chi connectivity index (χ4v) is 3.09. The Morgan fingerprint density at radius 2 is 1.81 bits per heavy atom. The molecule has 0 heterocycles. The summed E-state index contributed by atoms with van der Waals surface area (Å²) >= 11 is 3.62. The monoisotopic (exact) mass is 346 g/mol. The third-order valence-corrected chi connectivity index (χ3v) is 4.91. The van der Waals surface area contributed by atoms with E-state index in [1.165, 1.54) is 22.3 Å². The molecule has 3 heteroatoms. The maximum Gasteiger partial charge on any atom is 0.0473 e. The average Bonchev–Trinajstić information content (AvgIpc) is 2.47. The van der Waals surface area contributed by atoms with E-state index in [2.05, 4.69) is 78.1 Å². The second-order valence-electron chi connectivity index (χ2n) is 5.55. The van der Waals surface area contributed by atoms with Crippen LogP contribution in [0.1, 0.15) is 28.3 Å². The van der Waals surface area contributed by atoms with Crippen molar-refractivity contribution in [3.63, 3.8) is 0 Å². The number of likely N-dealkylation sites (N-methyl/N-ethyl adjacent to an activating group) is 1. The first-order chi connectivity index (χ1) is 10.0. The molecular formula is C18H23BrN2. The Labute approximate surface area is 136 Å². The maximum atomic E-state index is 6.06. The van der Waals surface area contributed by atoms with Crippen LogP contribution in [-0.4, -0.2) is 18.5 Å². The lowest BCUT2D eigenvalue weighted by atomic mass is 9.96. The number of halogens is 1. The van der Waals surface area contributed by atoms with Crippen molar-refractivity contribution in [2.24, 2.45) is 5.73 Å². The Morgan fingerprint density at radius 1 is 1.10 bits per heavy atom. The van der Waals surface area contributed by atoms with Crippen LogP contribution in [-0.2, 0) is 6.54 Å². The Balaban J connectivity index is 2.25. The minimum atomic E-state index is 0.233. The van der Waals surface area contributed by atoms with Gasteiger partial charge in [0.2, 0.25) is 0 Å². The maximum absolute atomic E-state index is 6.06. The van der Waals surface area contributed by atoms with Crippen molar-refractivity contribution in [1.29, 1.82) is 0 Å². The van der Waals surface area contributed by atoms with E-state index in [1.54, 1.807) is 0 Å². The van der Waals surface area contributed by atoms with Crippen LogP contribution < -0.4 is 5.73 Å². The lowest BCUT2D eigenvalue weighted by Crippen LogP contribution is -2.31. The zero-order valence-electron chi connectivity index (χ0n) is 12.9. The van der Waals surface area contributed by atoms with E-state index < -0.39 is 0 Å². The summed E-state index contributed by atoms with van der Waals surface area (Å²) in [5, 5.41) is 0. The molecule has 0 saturated carbocycles. The Bertz CT molecular complexity index is 610. The molecule has 112 valence electrons. The summed E-state index contributed by atoms with van der Waals surface area (Å²) in [5.74, 6) is 0. The van der Waals surface area contributed by atoms with Gasteiger partial charge in [-0.2, -0.15) is 0 Å². The predicted octanol–water partition coefficient (Wildman–Crippen LogP) is 4.20. The first-order valence-electron chi connectivity index (χ1n) is 7.24. The molecule has 0 spiro atoms. The van der Waals surface area contributed by atoms with Crippen molar-refractivity contribution < 1.29 is 0 Å². The molecule has 2 aromatic rings. The highest BCUT2D eigenvalue weighted by molar-refractivity contribution is 9.10. The van der Waals surface area contributed by atoms with Gasteiger partial charge >= 0.3 is 0 Å². The summed E-state index contributed by atoms with van der Waals surface area (Å²) in [4.78, 5) is 2.32. The SMILES string of the molecule is Cc1cccc(C(CN)N(C)Cc2ccccc2Br)c1C. The van der Waals surface area contributed by atoms with Gasteiger partial charge in [-0.25, -0.2) is 0 Å². The van der Waals surface area contributed by atoms with Crippen molar-refractivity contribution in [1.82, 2.24) is 4.90 Å². The van der Waals surface area contributed by atoms with Gasteiger partial charge in [-0.1, -0.05) is 52.3 Å². The van der Waals surface area contributed by atoms with Gasteiger partial charge in [0.15, 0.2) is 0 Å².